The van der Waals surface area contributed by atoms with Crippen molar-refractivity contribution in [2.75, 3.05) is 23.9 Å². The summed E-state index contributed by atoms with van der Waals surface area (Å²) in [7, 11) is 1.88. The molecular formula is C10H16N6. The van der Waals surface area contributed by atoms with Crippen LogP contribution in [0, 0.1) is 24.2 Å². The molecule has 0 aliphatic rings. The Balaban J connectivity index is 2.87. The molecule has 1 heterocycles. The molecule has 1 unspecified atom stereocenters. The van der Waals surface area contributed by atoms with Crippen LogP contribution in [0.25, 0.3) is 0 Å². The van der Waals surface area contributed by atoms with Crippen LogP contribution in [-0.2, 0) is 0 Å². The molecule has 6 nitrogen and oxygen atoms in total. The van der Waals surface area contributed by atoms with Gasteiger partial charge in [-0.3, -0.25) is 0 Å². The summed E-state index contributed by atoms with van der Waals surface area (Å²) in [6.45, 7) is 4.29. The molecule has 3 N–H and O–H groups in total. The Morgan fingerprint density at radius 2 is 2.31 bits per heavy atom. The number of nitrogens with zero attached hydrogens (tertiary/aromatic N) is 4. The molecule has 6 heteroatoms. The van der Waals surface area contributed by atoms with Gasteiger partial charge in [-0.1, -0.05) is 0 Å². The van der Waals surface area contributed by atoms with Gasteiger partial charge in [-0.15, -0.1) is 0 Å². The second-order valence-corrected chi connectivity index (χ2v) is 3.71. The van der Waals surface area contributed by atoms with E-state index in [4.69, 9.17) is 11.1 Å². The number of aromatic nitrogens is 2. The monoisotopic (exact) mass is 220 g/mol. The smallest absolute Gasteiger partial charge is 0.145 e. The Morgan fingerprint density at radius 3 is 2.88 bits per heavy atom. The highest BCUT2D eigenvalue weighted by molar-refractivity contribution is 5.48. The SMILES string of the molecule is Cc1nc(NN)cc(N(C)CC(C)C#N)n1. The van der Waals surface area contributed by atoms with Crippen LogP contribution in [-0.4, -0.2) is 23.6 Å². The molecule has 0 radical (unpaired) electrons. The average Bonchev–Trinajstić information content (AvgIpc) is 2.27. The Hall–Kier alpha value is -1.87. The number of rotatable bonds is 4. The number of anilines is 2. The summed E-state index contributed by atoms with van der Waals surface area (Å²) in [6.07, 6.45) is 0. The Bertz CT molecular complexity index is 397. The number of hydrazine groups is 1. The standard InChI is InChI=1S/C10H16N6/c1-7(5-11)6-16(3)10-4-9(15-12)13-8(2)14-10/h4,7H,6,12H2,1-3H3,(H,13,14,15). The molecule has 1 rings (SSSR count). The van der Waals surface area contributed by atoms with Gasteiger partial charge in [0, 0.05) is 19.7 Å². The van der Waals surface area contributed by atoms with Crippen molar-refractivity contribution in [3.63, 3.8) is 0 Å². The van der Waals surface area contributed by atoms with Crippen molar-refractivity contribution in [1.29, 1.82) is 5.26 Å². The van der Waals surface area contributed by atoms with E-state index in [0.29, 0.717) is 18.2 Å². The summed E-state index contributed by atoms with van der Waals surface area (Å²) in [4.78, 5) is 10.3. The fourth-order valence-electron chi connectivity index (χ4n) is 1.37. The highest BCUT2D eigenvalue weighted by atomic mass is 15.3. The zero-order valence-electron chi connectivity index (χ0n) is 9.73. The predicted molar refractivity (Wildman–Crippen MR) is 62.6 cm³/mol. The highest BCUT2D eigenvalue weighted by Crippen LogP contribution is 2.14. The molecule has 0 bridgehead atoms. The fraction of sp³-hybridized carbons (Fsp3) is 0.500. The summed E-state index contributed by atoms with van der Waals surface area (Å²) < 4.78 is 0. The predicted octanol–water partition coefficient (Wildman–Crippen LogP) is 0.666. The number of aryl methyl sites for hydroxylation is 1. The minimum absolute atomic E-state index is 0.0467. The molecule has 0 saturated carbocycles. The first-order valence-electron chi connectivity index (χ1n) is 5.00. The zero-order valence-corrected chi connectivity index (χ0v) is 9.73. The van der Waals surface area contributed by atoms with Crippen LogP contribution in [0.2, 0.25) is 0 Å². The van der Waals surface area contributed by atoms with Crippen LogP contribution < -0.4 is 16.2 Å². The van der Waals surface area contributed by atoms with Gasteiger partial charge in [0.05, 0.1) is 12.0 Å². The lowest BCUT2D eigenvalue weighted by atomic mass is 10.2. The van der Waals surface area contributed by atoms with E-state index in [2.05, 4.69) is 21.5 Å². The number of nitrogens with one attached hydrogen (secondary N) is 1. The molecule has 86 valence electrons. The third-order valence-electron chi connectivity index (χ3n) is 2.13. The molecule has 0 aliphatic carbocycles. The van der Waals surface area contributed by atoms with Gasteiger partial charge in [0.15, 0.2) is 0 Å². The van der Waals surface area contributed by atoms with Gasteiger partial charge in [0.1, 0.15) is 17.5 Å². The lowest BCUT2D eigenvalue weighted by Crippen LogP contribution is -2.25. The van der Waals surface area contributed by atoms with E-state index in [1.165, 1.54) is 0 Å². The van der Waals surface area contributed by atoms with Crippen LogP contribution in [0.4, 0.5) is 11.6 Å². The highest BCUT2D eigenvalue weighted by Gasteiger charge is 2.09. The molecule has 0 aliphatic heterocycles. The van der Waals surface area contributed by atoms with Crippen LogP contribution in [0.1, 0.15) is 12.7 Å². The minimum atomic E-state index is -0.0467. The van der Waals surface area contributed by atoms with Gasteiger partial charge >= 0.3 is 0 Å². The molecule has 0 spiro atoms. The lowest BCUT2D eigenvalue weighted by molar-refractivity contribution is 0.708. The summed E-state index contributed by atoms with van der Waals surface area (Å²) in [5.74, 6) is 7.22. The average molecular weight is 220 g/mol. The van der Waals surface area contributed by atoms with Crippen molar-refractivity contribution < 1.29 is 0 Å². The van der Waals surface area contributed by atoms with Crippen LogP contribution >= 0.6 is 0 Å². The number of nitrogens with two attached hydrogens (primary N) is 1. The van der Waals surface area contributed by atoms with Crippen molar-refractivity contribution in [2.24, 2.45) is 11.8 Å². The van der Waals surface area contributed by atoms with Crippen LogP contribution in [0.5, 0.6) is 0 Å². The summed E-state index contributed by atoms with van der Waals surface area (Å²) in [5.41, 5.74) is 2.49. The van der Waals surface area contributed by atoms with Crippen molar-refractivity contribution >= 4 is 11.6 Å². The number of hydrogen-bond acceptors (Lipinski definition) is 6. The van der Waals surface area contributed by atoms with Gasteiger partial charge < -0.3 is 10.3 Å². The van der Waals surface area contributed by atoms with E-state index in [-0.39, 0.29) is 5.92 Å². The second kappa shape index (κ2) is 5.28. The quantitative estimate of drug-likeness (QED) is 0.572. The molecule has 0 fully saturated rings. The molecule has 16 heavy (non-hydrogen) atoms. The zero-order chi connectivity index (χ0) is 12.1. The van der Waals surface area contributed by atoms with E-state index in [0.717, 1.165) is 5.82 Å². The van der Waals surface area contributed by atoms with Crippen molar-refractivity contribution in [2.45, 2.75) is 13.8 Å². The first kappa shape index (κ1) is 12.2. The molecule has 1 aromatic heterocycles. The van der Waals surface area contributed by atoms with Gasteiger partial charge in [-0.2, -0.15) is 5.26 Å². The summed E-state index contributed by atoms with van der Waals surface area (Å²) in [6, 6.07) is 3.93. The van der Waals surface area contributed by atoms with Gasteiger partial charge in [-0.05, 0) is 13.8 Å². The maximum Gasteiger partial charge on any atom is 0.145 e. The fourth-order valence-corrected chi connectivity index (χ4v) is 1.37. The topological polar surface area (TPSA) is 90.9 Å². The summed E-state index contributed by atoms with van der Waals surface area (Å²) in [5, 5.41) is 8.74. The maximum absolute atomic E-state index is 8.74. The first-order valence-corrected chi connectivity index (χ1v) is 5.00. The van der Waals surface area contributed by atoms with E-state index in [9.17, 15) is 0 Å². The normalized spacial score (nSPS) is 11.7. The van der Waals surface area contributed by atoms with Crippen molar-refractivity contribution in [3.05, 3.63) is 11.9 Å². The van der Waals surface area contributed by atoms with E-state index in [1.54, 1.807) is 13.0 Å². The van der Waals surface area contributed by atoms with Crippen molar-refractivity contribution in [3.8, 4) is 6.07 Å². The van der Waals surface area contributed by atoms with E-state index >= 15 is 0 Å². The molecule has 0 saturated heterocycles. The molecule has 0 amide bonds. The van der Waals surface area contributed by atoms with Crippen molar-refractivity contribution in [1.82, 2.24) is 9.97 Å². The maximum atomic E-state index is 8.74. The Morgan fingerprint density at radius 1 is 1.62 bits per heavy atom. The Labute approximate surface area is 95.1 Å². The third kappa shape index (κ3) is 3.07. The molecule has 0 aromatic carbocycles. The lowest BCUT2D eigenvalue weighted by Gasteiger charge is -2.19. The van der Waals surface area contributed by atoms with Gasteiger partial charge in [0.25, 0.3) is 0 Å². The van der Waals surface area contributed by atoms with Gasteiger partial charge in [-0.25, -0.2) is 15.8 Å². The molecular weight excluding hydrogens is 204 g/mol. The van der Waals surface area contributed by atoms with Crippen LogP contribution in [0.3, 0.4) is 0 Å². The summed E-state index contributed by atoms with van der Waals surface area (Å²) >= 11 is 0. The van der Waals surface area contributed by atoms with E-state index in [1.807, 2.05) is 18.9 Å². The Kier molecular flexibility index (Phi) is 4.03. The van der Waals surface area contributed by atoms with Crippen LogP contribution in [0.15, 0.2) is 6.07 Å². The van der Waals surface area contributed by atoms with E-state index < -0.39 is 0 Å². The number of hydrogen-bond donors (Lipinski definition) is 2. The molecule has 1 atom stereocenters. The largest absolute Gasteiger partial charge is 0.358 e. The number of nitrogen functional groups attached to an aromatic ring is 1. The third-order valence-corrected chi connectivity index (χ3v) is 2.13. The second-order valence-electron chi connectivity index (χ2n) is 3.71. The minimum Gasteiger partial charge on any atom is -0.358 e. The number of nitriles is 1. The molecule has 1 aromatic rings. The van der Waals surface area contributed by atoms with Gasteiger partial charge in [0.2, 0.25) is 0 Å². The first-order chi connectivity index (χ1) is 7.56.